The van der Waals surface area contributed by atoms with E-state index in [4.69, 9.17) is 4.42 Å². The fourth-order valence-corrected chi connectivity index (χ4v) is 3.32. The molecule has 0 saturated carbocycles. The normalized spacial score (nSPS) is 20.0. The number of hydrogen-bond donors (Lipinski definition) is 2. The van der Waals surface area contributed by atoms with Gasteiger partial charge in [0.2, 0.25) is 5.91 Å². The Morgan fingerprint density at radius 3 is 3.00 bits per heavy atom. The molecule has 128 valence electrons. The molecule has 1 aromatic carbocycles. The maximum Gasteiger partial charge on any atom is 0.336 e. The molecule has 3 heterocycles. The van der Waals surface area contributed by atoms with Crippen LogP contribution in [-0.4, -0.2) is 28.8 Å². The number of carbonyl (C=O) groups excluding carboxylic acids is 1. The highest BCUT2D eigenvalue weighted by molar-refractivity contribution is 5.95. The summed E-state index contributed by atoms with van der Waals surface area (Å²) >= 11 is 0. The second-order valence-electron chi connectivity index (χ2n) is 6.31. The van der Waals surface area contributed by atoms with Gasteiger partial charge in [0.15, 0.2) is 0 Å². The average molecular weight is 338 g/mol. The predicted molar refractivity (Wildman–Crippen MR) is 93.4 cm³/mol. The largest absolute Gasteiger partial charge is 0.423 e. The molecular formula is C18H18N4O3. The topological polar surface area (TPSA) is 89.2 Å². The van der Waals surface area contributed by atoms with Gasteiger partial charge < -0.3 is 15.1 Å². The molecule has 1 aliphatic rings. The standard InChI is InChI=1S/C18H18N4O3/c1-22-10-12(7-20-22)14-8-19-9-15(14)18(24)21-13-3-4-16-11(6-13)2-5-17(23)25-16/h2-7,10,14-15,19H,8-9H2,1H3,(H,21,24)/t14-,15+/m1/s1. The number of aryl methyl sites for hydroxylation is 1. The van der Waals surface area contributed by atoms with Crippen molar-refractivity contribution < 1.29 is 9.21 Å². The Labute approximate surface area is 143 Å². The summed E-state index contributed by atoms with van der Waals surface area (Å²) in [5.74, 6) is -0.0867. The zero-order chi connectivity index (χ0) is 17.4. The van der Waals surface area contributed by atoms with E-state index in [1.807, 2.05) is 19.4 Å². The van der Waals surface area contributed by atoms with Gasteiger partial charge in [-0.15, -0.1) is 0 Å². The Kier molecular flexibility index (Phi) is 3.85. The first-order valence-electron chi connectivity index (χ1n) is 8.14. The first-order chi connectivity index (χ1) is 12.1. The summed E-state index contributed by atoms with van der Waals surface area (Å²) in [7, 11) is 1.87. The highest BCUT2D eigenvalue weighted by Crippen LogP contribution is 2.29. The van der Waals surface area contributed by atoms with Crippen molar-refractivity contribution in [1.82, 2.24) is 15.1 Å². The van der Waals surface area contributed by atoms with E-state index in [1.54, 1.807) is 28.9 Å². The lowest BCUT2D eigenvalue weighted by Gasteiger charge is -2.17. The van der Waals surface area contributed by atoms with Gasteiger partial charge in [-0.1, -0.05) is 0 Å². The van der Waals surface area contributed by atoms with Crippen LogP contribution in [0.1, 0.15) is 11.5 Å². The third-order valence-electron chi connectivity index (χ3n) is 4.59. The van der Waals surface area contributed by atoms with Crippen molar-refractivity contribution in [1.29, 1.82) is 0 Å². The highest BCUT2D eigenvalue weighted by Gasteiger charge is 2.34. The number of benzene rings is 1. The van der Waals surface area contributed by atoms with Crippen molar-refractivity contribution in [3.05, 3.63) is 58.7 Å². The maximum atomic E-state index is 12.7. The van der Waals surface area contributed by atoms with Crippen LogP contribution in [0.15, 0.2) is 51.9 Å². The molecule has 7 nitrogen and oxygen atoms in total. The quantitative estimate of drug-likeness (QED) is 0.706. The van der Waals surface area contributed by atoms with E-state index in [0.717, 1.165) is 17.5 Å². The SMILES string of the molecule is Cn1cc([C@H]2CNC[C@@H]2C(=O)Nc2ccc3oc(=O)ccc3c2)cn1. The molecule has 3 aromatic rings. The molecule has 1 fully saturated rings. The summed E-state index contributed by atoms with van der Waals surface area (Å²) in [6, 6.07) is 8.29. The molecule has 0 spiro atoms. The van der Waals surface area contributed by atoms with Crippen LogP contribution in [0.4, 0.5) is 5.69 Å². The van der Waals surface area contributed by atoms with Gasteiger partial charge in [0, 0.05) is 49.4 Å². The summed E-state index contributed by atoms with van der Waals surface area (Å²) < 4.78 is 6.86. The fraction of sp³-hybridized carbons (Fsp3) is 0.278. The van der Waals surface area contributed by atoms with Crippen molar-refractivity contribution in [2.24, 2.45) is 13.0 Å². The summed E-state index contributed by atoms with van der Waals surface area (Å²) in [5, 5.41) is 11.2. The van der Waals surface area contributed by atoms with Crippen LogP contribution >= 0.6 is 0 Å². The van der Waals surface area contributed by atoms with Gasteiger partial charge in [0.1, 0.15) is 5.58 Å². The van der Waals surface area contributed by atoms with Gasteiger partial charge in [0.25, 0.3) is 0 Å². The van der Waals surface area contributed by atoms with Crippen LogP contribution in [0.3, 0.4) is 0 Å². The second kappa shape index (κ2) is 6.18. The number of nitrogens with one attached hydrogen (secondary N) is 2. The average Bonchev–Trinajstić information content (AvgIpc) is 3.23. The maximum absolute atomic E-state index is 12.7. The Bertz CT molecular complexity index is 991. The summed E-state index contributed by atoms with van der Waals surface area (Å²) in [6.07, 6.45) is 3.77. The molecule has 0 aliphatic carbocycles. The van der Waals surface area contributed by atoms with Gasteiger partial charge in [-0.2, -0.15) is 5.10 Å². The number of carbonyl (C=O) groups is 1. The van der Waals surface area contributed by atoms with Gasteiger partial charge >= 0.3 is 5.63 Å². The Morgan fingerprint density at radius 2 is 2.20 bits per heavy atom. The number of amides is 1. The van der Waals surface area contributed by atoms with Crippen molar-refractivity contribution in [2.45, 2.75) is 5.92 Å². The Hall–Kier alpha value is -2.93. The van der Waals surface area contributed by atoms with Gasteiger partial charge in [-0.25, -0.2) is 4.79 Å². The molecule has 0 bridgehead atoms. The van der Waals surface area contributed by atoms with Crippen molar-refractivity contribution >= 4 is 22.6 Å². The van der Waals surface area contributed by atoms with Crippen LogP contribution < -0.4 is 16.3 Å². The number of aromatic nitrogens is 2. The second-order valence-corrected chi connectivity index (χ2v) is 6.31. The zero-order valence-corrected chi connectivity index (χ0v) is 13.7. The molecule has 4 rings (SSSR count). The van der Waals surface area contributed by atoms with E-state index < -0.39 is 0 Å². The molecule has 2 aromatic heterocycles. The Balaban J connectivity index is 1.54. The van der Waals surface area contributed by atoms with Crippen LogP contribution in [0, 0.1) is 5.92 Å². The number of hydrogen-bond acceptors (Lipinski definition) is 5. The van der Waals surface area contributed by atoms with Crippen LogP contribution in [0.25, 0.3) is 11.0 Å². The molecule has 1 saturated heterocycles. The molecule has 7 heteroatoms. The summed E-state index contributed by atoms with van der Waals surface area (Å²) in [4.78, 5) is 24.0. The summed E-state index contributed by atoms with van der Waals surface area (Å²) in [6.45, 7) is 1.39. The minimum absolute atomic E-state index is 0.0319. The molecule has 1 aliphatic heterocycles. The van der Waals surface area contributed by atoms with Gasteiger partial charge in [0.05, 0.1) is 12.1 Å². The van der Waals surface area contributed by atoms with Crippen LogP contribution in [0.2, 0.25) is 0 Å². The smallest absolute Gasteiger partial charge is 0.336 e. The molecule has 0 unspecified atom stereocenters. The summed E-state index contributed by atoms with van der Waals surface area (Å²) in [5.41, 5.74) is 1.86. The lowest BCUT2D eigenvalue weighted by atomic mass is 9.90. The molecule has 2 atom stereocenters. The molecule has 25 heavy (non-hydrogen) atoms. The minimum atomic E-state index is -0.388. The van der Waals surface area contributed by atoms with Crippen LogP contribution in [-0.2, 0) is 11.8 Å². The van der Waals surface area contributed by atoms with E-state index in [1.165, 1.54) is 6.07 Å². The monoisotopic (exact) mass is 338 g/mol. The van der Waals surface area contributed by atoms with E-state index in [-0.39, 0.29) is 23.4 Å². The Morgan fingerprint density at radius 1 is 1.32 bits per heavy atom. The van der Waals surface area contributed by atoms with Crippen molar-refractivity contribution in [2.75, 3.05) is 18.4 Å². The van der Waals surface area contributed by atoms with Crippen molar-refractivity contribution in [3.63, 3.8) is 0 Å². The molecule has 1 amide bonds. The molecular weight excluding hydrogens is 320 g/mol. The van der Waals surface area contributed by atoms with E-state index in [9.17, 15) is 9.59 Å². The van der Waals surface area contributed by atoms with E-state index in [2.05, 4.69) is 15.7 Å². The van der Waals surface area contributed by atoms with Crippen molar-refractivity contribution in [3.8, 4) is 0 Å². The molecule has 0 radical (unpaired) electrons. The third kappa shape index (κ3) is 3.06. The lowest BCUT2D eigenvalue weighted by molar-refractivity contribution is -0.119. The third-order valence-corrected chi connectivity index (χ3v) is 4.59. The minimum Gasteiger partial charge on any atom is -0.423 e. The lowest BCUT2D eigenvalue weighted by Crippen LogP contribution is -2.28. The number of nitrogens with zero attached hydrogens (tertiary/aromatic N) is 2. The predicted octanol–water partition coefficient (Wildman–Crippen LogP) is 1.47. The van der Waals surface area contributed by atoms with Gasteiger partial charge in [-0.3, -0.25) is 9.48 Å². The number of fused-ring (bicyclic) bond motifs is 1. The number of anilines is 1. The fourth-order valence-electron chi connectivity index (χ4n) is 3.32. The number of rotatable bonds is 3. The first kappa shape index (κ1) is 15.6. The van der Waals surface area contributed by atoms with Gasteiger partial charge in [-0.05, 0) is 29.8 Å². The molecule has 2 N–H and O–H groups in total. The highest BCUT2D eigenvalue weighted by atomic mass is 16.4. The van der Waals surface area contributed by atoms with E-state index in [0.29, 0.717) is 17.8 Å². The van der Waals surface area contributed by atoms with Crippen LogP contribution in [0.5, 0.6) is 0 Å². The zero-order valence-electron chi connectivity index (χ0n) is 13.7. The first-order valence-corrected chi connectivity index (χ1v) is 8.14. The van der Waals surface area contributed by atoms with E-state index >= 15 is 0 Å².